The summed E-state index contributed by atoms with van der Waals surface area (Å²) in [5, 5.41) is 13.4. The smallest absolute Gasteiger partial charge is 0.225 e. The number of anilines is 2. The van der Waals surface area contributed by atoms with Crippen molar-refractivity contribution in [3.8, 4) is 0 Å². The molecule has 0 radical (unpaired) electrons. The number of hydrogen-bond donors (Lipinski definition) is 2. The molecule has 0 saturated carbocycles. The van der Waals surface area contributed by atoms with Crippen LogP contribution in [0.3, 0.4) is 0 Å². The van der Waals surface area contributed by atoms with Crippen molar-refractivity contribution < 1.29 is 5.11 Å². The van der Waals surface area contributed by atoms with E-state index in [9.17, 15) is 5.11 Å². The first-order chi connectivity index (χ1) is 13.8. The summed E-state index contributed by atoms with van der Waals surface area (Å²) in [6, 6.07) is 2.17. The molecule has 2 aliphatic rings. The summed E-state index contributed by atoms with van der Waals surface area (Å²) in [5.41, 5.74) is 3.48. The van der Waals surface area contributed by atoms with Crippen molar-refractivity contribution in [1.29, 1.82) is 0 Å². The van der Waals surface area contributed by atoms with Gasteiger partial charge in [-0.3, -0.25) is 0 Å². The van der Waals surface area contributed by atoms with E-state index in [-0.39, 0.29) is 17.6 Å². The molecule has 1 aliphatic carbocycles. The Balaban J connectivity index is 1.61. The van der Waals surface area contributed by atoms with Crippen LogP contribution in [0, 0.1) is 12.3 Å². The maximum atomic E-state index is 9.78. The SMILES string of the molecule is CCc1cc(NC2CC(C)(C)Cc3nc(N4CCC(O)CC4)ncc32)nc(C)n1. The molecule has 3 heterocycles. The minimum atomic E-state index is -0.194. The van der Waals surface area contributed by atoms with Crippen LogP contribution in [0.4, 0.5) is 11.8 Å². The molecule has 2 aromatic rings. The molecule has 0 amide bonds. The summed E-state index contributed by atoms with van der Waals surface area (Å²) in [7, 11) is 0. The van der Waals surface area contributed by atoms with Crippen molar-refractivity contribution in [1.82, 2.24) is 19.9 Å². The lowest BCUT2D eigenvalue weighted by molar-refractivity contribution is 0.145. The maximum Gasteiger partial charge on any atom is 0.225 e. The monoisotopic (exact) mass is 396 g/mol. The predicted molar refractivity (Wildman–Crippen MR) is 114 cm³/mol. The van der Waals surface area contributed by atoms with Crippen molar-refractivity contribution in [2.24, 2.45) is 5.41 Å². The molecule has 0 spiro atoms. The van der Waals surface area contributed by atoms with Crippen LogP contribution in [0.1, 0.15) is 68.9 Å². The van der Waals surface area contributed by atoms with Gasteiger partial charge in [0.2, 0.25) is 5.95 Å². The normalized spacial score (nSPS) is 21.7. The zero-order valence-electron chi connectivity index (χ0n) is 17.9. The Kier molecular flexibility index (Phi) is 5.42. The van der Waals surface area contributed by atoms with Crippen molar-refractivity contribution in [2.45, 2.75) is 71.9 Å². The molecule has 156 valence electrons. The zero-order chi connectivity index (χ0) is 20.6. The first kappa shape index (κ1) is 20.0. The fourth-order valence-corrected chi connectivity index (χ4v) is 4.45. The van der Waals surface area contributed by atoms with Gasteiger partial charge in [-0.2, -0.15) is 0 Å². The molecule has 1 unspecified atom stereocenters. The highest BCUT2D eigenvalue weighted by molar-refractivity contribution is 5.43. The van der Waals surface area contributed by atoms with E-state index in [1.54, 1.807) is 0 Å². The van der Waals surface area contributed by atoms with Gasteiger partial charge in [-0.15, -0.1) is 0 Å². The summed E-state index contributed by atoms with van der Waals surface area (Å²) in [6.07, 6.45) is 6.19. The van der Waals surface area contributed by atoms with E-state index in [2.05, 4.69) is 41.0 Å². The van der Waals surface area contributed by atoms with E-state index in [4.69, 9.17) is 9.97 Å². The Hall–Kier alpha value is -2.28. The lowest BCUT2D eigenvalue weighted by Gasteiger charge is -2.37. The Bertz CT molecular complexity index is 876. The first-order valence-electron chi connectivity index (χ1n) is 10.7. The van der Waals surface area contributed by atoms with Crippen molar-refractivity contribution in [3.63, 3.8) is 0 Å². The second-order valence-corrected chi connectivity index (χ2v) is 9.18. The number of nitrogens with zero attached hydrogens (tertiary/aromatic N) is 5. The Morgan fingerprint density at radius 2 is 1.97 bits per heavy atom. The second-order valence-electron chi connectivity index (χ2n) is 9.18. The number of aryl methyl sites for hydroxylation is 2. The molecule has 7 heteroatoms. The number of nitrogens with one attached hydrogen (secondary N) is 1. The van der Waals surface area contributed by atoms with Crippen LogP contribution in [0.15, 0.2) is 12.3 Å². The fraction of sp³-hybridized carbons (Fsp3) is 0.636. The van der Waals surface area contributed by atoms with Gasteiger partial charge in [-0.1, -0.05) is 20.8 Å². The zero-order valence-corrected chi connectivity index (χ0v) is 17.9. The van der Waals surface area contributed by atoms with Crippen molar-refractivity contribution in [2.75, 3.05) is 23.3 Å². The fourth-order valence-electron chi connectivity index (χ4n) is 4.45. The van der Waals surface area contributed by atoms with Crippen LogP contribution >= 0.6 is 0 Å². The van der Waals surface area contributed by atoms with Gasteiger partial charge < -0.3 is 15.3 Å². The molecule has 7 nitrogen and oxygen atoms in total. The Morgan fingerprint density at radius 1 is 1.21 bits per heavy atom. The van der Waals surface area contributed by atoms with Gasteiger partial charge in [0.25, 0.3) is 0 Å². The molecular formula is C22H32N6O. The minimum Gasteiger partial charge on any atom is -0.393 e. The summed E-state index contributed by atoms with van der Waals surface area (Å²) < 4.78 is 0. The molecular weight excluding hydrogens is 364 g/mol. The van der Waals surface area contributed by atoms with E-state index in [1.807, 2.05) is 19.2 Å². The third-order valence-electron chi connectivity index (χ3n) is 5.99. The average molecular weight is 397 g/mol. The van der Waals surface area contributed by atoms with Gasteiger partial charge in [0, 0.05) is 36.6 Å². The predicted octanol–water partition coefficient (Wildman–Crippen LogP) is 3.22. The minimum absolute atomic E-state index is 0.130. The molecule has 2 aromatic heterocycles. The van der Waals surface area contributed by atoms with Gasteiger partial charge in [-0.25, -0.2) is 19.9 Å². The standard InChI is InChI=1S/C22H32N6O/c1-5-15-10-20(25-14(2)24-15)26-18-11-22(3,4)12-19-17(18)13-23-21(27-19)28-8-6-16(29)7-9-28/h10,13,16,18,29H,5-9,11-12H2,1-4H3,(H,24,25,26). The number of hydrogen-bond acceptors (Lipinski definition) is 7. The van der Waals surface area contributed by atoms with E-state index in [0.29, 0.717) is 0 Å². The van der Waals surface area contributed by atoms with E-state index in [1.165, 1.54) is 5.56 Å². The quantitative estimate of drug-likeness (QED) is 0.820. The molecule has 1 saturated heterocycles. The number of aromatic nitrogens is 4. The molecule has 1 fully saturated rings. The molecule has 4 rings (SSSR count). The first-order valence-corrected chi connectivity index (χ1v) is 10.7. The molecule has 2 N–H and O–H groups in total. The van der Waals surface area contributed by atoms with Gasteiger partial charge in [0.05, 0.1) is 17.8 Å². The molecule has 29 heavy (non-hydrogen) atoms. The molecule has 0 bridgehead atoms. The van der Waals surface area contributed by atoms with E-state index in [0.717, 1.165) is 74.2 Å². The number of aliphatic hydroxyl groups is 1. The summed E-state index contributed by atoms with van der Waals surface area (Å²) in [4.78, 5) is 20.9. The summed E-state index contributed by atoms with van der Waals surface area (Å²) in [5.74, 6) is 2.45. The van der Waals surface area contributed by atoms with Crippen LogP contribution in [0.2, 0.25) is 0 Å². The molecule has 1 atom stereocenters. The maximum absolute atomic E-state index is 9.78. The Labute approximate surface area is 173 Å². The number of fused-ring (bicyclic) bond motifs is 1. The topological polar surface area (TPSA) is 87.1 Å². The van der Waals surface area contributed by atoms with Crippen LogP contribution in [-0.2, 0) is 12.8 Å². The second kappa shape index (κ2) is 7.86. The van der Waals surface area contributed by atoms with Crippen LogP contribution in [0.5, 0.6) is 0 Å². The number of rotatable bonds is 4. The largest absolute Gasteiger partial charge is 0.393 e. The van der Waals surface area contributed by atoms with Crippen molar-refractivity contribution >= 4 is 11.8 Å². The Morgan fingerprint density at radius 3 is 2.69 bits per heavy atom. The van der Waals surface area contributed by atoms with Crippen molar-refractivity contribution in [3.05, 3.63) is 35.0 Å². The number of aliphatic hydroxyl groups excluding tert-OH is 1. The van der Waals surface area contributed by atoms with Crippen LogP contribution < -0.4 is 10.2 Å². The van der Waals surface area contributed by atoms with E-state index < -0.39 is 0 Å². The highest BCUT2D eigenvalue weighted by Crippen LogP contribution is 2.41. The number of piperidine rings is 1. The lowest BCUT2D eigenvalue weighted by atomic mass is 9.74. The third-order valence-corrected chi connectivity index (χ3v) is 5.99. The van der Waals surface area contributed by atoms with Gasteiger partial charge >= 0.3 is 0 Å². The highest BCUT2D eigenvalue weighted by Gasteiger charge is 2.34. The highest BCUT2D eigenvalue weighted by atomic mass is 16.3. The van der Waals surface area contributed by atoms with Crippen LogP contribution in [-0.4, -0.2) is 44.2 Å². The van der Waals surface area contributed by atoms with E-state index >= 15 is 0 Å². The third kappa shape index (κ3) is 4.50. The summed E-state index contributed by atoms with van der Waals surface area (Å²) >= 11 is 0. The lowest BCUT2D eigenvalue weighted by Crippen LogP contribution is -2.38. The van der Waals surface area contributed by atoms with Gasteiger partial charge in [-0.05, 0) is 44.4 Å². The average Bonchev–Trinajstić information content (AvgIpc) is 2.66. The molecule has 1 aliphatic heterocycles. The molecule has 0 aromatic carbocycles. The van der Waals surface area contributed by atoms with Crippen LogP contribution in [0.25, 0.3) is 0 Å². The van der Waals surface area contributed by atoms with Gasteiger partial charge in [0.15, 0.2) is 0 Å². The summed E-state index contributed by atoms with van der Waals surface area (Å²) in [6.45, 7) is 10.3. The van der Waals surface area contributed by atoms with Gasteiger partial charge in [0.1, 0.15) is 11.6 Å².